The summed E-state index contributed by atoms with van der Waals surface area (Å²) in [5, 5.41) is 7.85. The molecule has 0 bridgehead atoms. The molecule has 0 N–H and O–H groups in total. The second-order valence-corrected chi connectivity index (χ2v) is 7.79. The number of carbonyl (C=O) groups is 3. The average molecular weight is 509 g/mol. The van der Waals surface area contributed by atoms with Crippen molar-refractivity contribution in [1.82, 2.24) is 15.0 Å². The highest BCUT2D eigenvalue weighted by Crippen LogP contribution is 2.36. The molecule has 2 aromatic rings. The van der Waals surface area contributed by atoms with Gasteiger partial charge in [0.15, 0.2) is 29.7 Å². The third-order valence-corrected chi connectivity index (χ3v) is 5.13. The molecule has 10 nitrogen and oxygen atoms in total. The fourth-order valence-electron chi connectivity index (χ4n) is 3.77. The van der Waals surface area contributed by atoms with E-state index in [-0.39, 0.29) is 17.9 Å². The van der Waals surface area contributed by atoms with Crippen LogP contribution in [-0.2, 0) is 33.3 Å². The fraction of sp³-hybridized carbons (Fsp3) is 0.391. The first kappa shape index (κ1) is 26.6. The molecule has 1 aromatic heterocycles. The Morgan fingerprint density at radius 3 is 2.25 bits per heavy atom. The Labute approximate surface area is 203 Å². The molecule has 1 aliphatic heterocycles. The number of benzene rings is 1. The number of esters is 3. The molecular formula is C23H22F3N3O7. The lowest BCUT2D eigenvalue weighted by atomic mass is 9.91. The molecule has 0 aliphatic carbocycles. The Hall–Kier alpha value is -3.96. The highest BCUT2D eigenvalue weighted by Gasteiger charge is 2.51. The lowest BCUT2D eigenvalue weighted by Crippen LogP contribution is -2.58. The van der Waals surface area contributed by atoms with Crippen LogP contribution < -0.4 is 0 Å². The summed E-state index contributed by atoms with van der Waals surface area (Å²) in [6, 6.07) is 0.353. The lowest BCUT2D eigenvalue weighted by Gasteiger charge is -2.44. The topological polar surface area (TPSA) is 119 Å². The van der Waals surface area contributed by atoms with E-state index in [2.05, 4.69) is 22.6 Å². The van der Waals surface area contributed by atoms with E-state index in [0.29, 0.717) is 0 Å². The van der Waals surface area contributed by atoms with Crippen LogP contribution in [0.5, 0.6) is 0 Å². The summed E-state index contributed by atoms with van der Waals surface area (Å²) in [5.74, 6) is -6.58. The molecule has 1 aromatic carbocycles. The molecule has 0 unspecified atom stereocenters. The van der Waals surface area contributed by atoms with Gasteiger partial charge in [-0.1, -0.05) is 11.8 Å². The van der Waals surface area contributed by atoms with E-state index in [1.165, 1.54) is 19.2 Å². The van der Waals surface area contributed by atoms with Crippen LogP contribution in [-0.4, -0.2) is 63.9 Å². The van der Waals surface area contributed by atoms with Crippen molar-refractivity contribution in [3.63, 3.8) is 0 Å². The first-order valence-corrected chi connectivity index (χ1v) is 10.6. The van der Waals surface area contributed by atoms with E-state index >= 15 is 0 Å². The number of nitrogens with zero attached hydrogens (tertiary/aromatic N) is 3. The van der Waals surface area contributed by atoms with Crippen LogP contribution in [0.3, 0.4) is 0 Å². The predicted molar refractivity (Wildman–Crippen MR) is 114 cm³/mol. The SMILES string of the molecule is C=C=C[C@H]1O[C@H](COC(C)=O)[C@H](OC(C)=O)[C@H](n2cc(-c3cc(F)c(F)c(F)c3)nn2)[C@H]1OC(C)=O. The van der Waals surface area contributed by atoms with Crippen LogP contribution in [0.4, 0.5) is 13.2 Å². The zero-order chi connectivity index (χ0) is 26.6. The van der Waals surface area contributed by atoms with Gasteiger partial charge in [-0.3, -0.25) is 14.4 Å². The molecule has 2 heterocycles. The predicted octanol–water partition coefficient (Wildman–Crippen LogP) is 2.44. The smallest absolute Gasteiger partial charge is 0.303 e. The molecule has 0 spiro atoms. The number of hydrogen-bond donors (Lipinski definition) is 0. The summed E-state index contributed by atoms with van der Waals surface area (Å²) < 4.78 is 64.0. The van der Waals surface area contributed by atoms with Gasteiger partial charge in [-0.2, -0.15) is 0 Å². The van der Waals surface area contributed by atoms with Gasteiger partial charge in [-0.25, -0.2) is 17.9 Å². The van der Waals surface area contributed by atoms with Gasteiger partial charge in [-0.15, -0.1) is 10.8 Å². The Morgan fingerprint density at radius 1 is 1.08 bits per heavy atom. The van der Waals surface area contributed by atoms with E-state index in [9.17, 15) is 27.6 Å². The van der Waals surface area contributed by atoms with Crippen molar-refractivity contribution >= 4 is 17.9 Å². The Bertz CT molecular complexity index is 1190. The van der Waals surface area contributed by atoms with Crippen LogP contribution in [0.1, 0.15) is 26.8 Å². The molecule has 0 radical (unpaired) electrons. The Morgan fingerprint density at radius 2 is 1.69 bits per heavy atom. The van der Waals surface area contributed by atoms with Gasteiger partial charge in [0.25, 0.3) is 0 Å². The summed E-state index contributed by atoms with van der Waals surface area (Å²) >= 11 is 0. The molecule has 192 valence electrons. The van der Waals surface area contributed by atoms with Gasteiger partial charge in [0.05, 0.1) is 6.20 Å². The van der Waals surface area contributed by atoms with Crippen LogP contribution in [0.15, 0.2) is 36.7 Å². The molecule has 0 saturated carbocycles. The second-order valence-electron chi connectivity index (χ2n) is 7.79. The van der Waals surface area contributed by atoms with E-state index in [1.807, 2.05) is 0 Å². The van der Waals surface area contributed by atoms with Crippen molar-refractivity contribution in [2.24, 2.45) is 0 Å². The zero-order valence-corrected chi connectivity index (χ0v) is 19.4. The molecule has 5 atom stereocenters. The molecular weight excluding hydrogens is 487 g/mol. The number of rotatable bonds is 7. The summed E-state index contributed by atoms with van der Waals surface area (Å²) in [4.78, 5) is 35.3. The summed E-state index contributed by atoms with van der Waals surface area (Å²) in [7, 11) is 0. The van der Waals surface area contributed by atoms with Gasteiger partial charge in [-0.05, 0) is 18.2 Å². The molecule has 36 heavy (non-hydrogen) atoms. The van der Waals surface area contributed by atoms with Crippen molar-refractivity contribution in [1.29, 1.82) is 0 Å². The standard InChI is InChI=1S/C23H22F3N3O7/c1-5-6-18-22(34-12(3)31)21(23(35-13(4)32)19(36-18)10-33-11(2)30)29-9-17(27-28-29)14-7-15(24)20(26)16(25)8-14/h6-9,18-19,21-23H,1,10H2,2-4H3/t18-,19-,21-,22+,23+/m1/s1. The Balaban J connectivity index is 2.12. The van der Waals surface area contributed by atoms with Gasteiger partial charge in [0, 0.05) is 26.3 Å². The maximum Gasteiger partial charge on any atom is 0.303 e. The van der Waals surface area contributed by atoms with E-state index in [1.54, 1.807) is 0 Å². The molecule has 1 saturated heterocycles. The van der Waals surface area contributed by atoms with E-state index in [4.69, 9.17) is 18.9 Å². The first-order chi connectivity index (χ1) is 17.0. The number of aromatic nitrogens is 3. The highest BCUT2D eigenvalue weighted by atomic mass is 19.2. The zero-order valence-electron chi connectivity index (χ0n) is 19.4. The quantitative estimate of drug-likeness (QED) is 0.240. The highest BCUT2D eigenvalue weighted by molar-refractivity contribution is 5.67. The minimum Gasteiger partial charge on any atom is -0.463 e. The molecule has 1 fully saturated rings. The molecule has 3 rings (SSSR count). The van der Waals surface area contributed by atoms with E-state index in [0.717, 1.165) is 30.7 Å². The molecule has 13 heteroatoms. The minimum atomic E-state index is -1.65. The summed E-state index contributed by atoms with van der Waals surface area (Å²) in [6.45, 7) is 6.61. The van der Waals surface area contributed by atoms with Gasteiger partial charge >= 0.3 is 17.9 Å². The number of ether oxygens (including phenoxy) is 4. The van der Waals surface area contributed by atoms with Crippen LogP contribution in [0.2, 0.25) is 0 Å². The molecule has 1 aliphatic rings. The minimum absolute atomic E-state index is 0.0604. The maximum atomic E-state index is 13.8. The van der Waals surface area contributed by atoms with Crippen molar-refractivity contribution in [3.8, 4) is 11.3 Å². The molecule has 0 amide bonds. The van der Waals surface area contributed by atoms with Crippen LogP contribution >= 0.6 is 0 Å². The largest absolute Gasteiger partial charge is 0.463 e. The normalized spacial score (nSPS) is 23.3. The van der Waals surface area contributed by atoms with Crippen molar-refractivity contribution < 1.29 is 46.5 Å². The third kappa shape index (κ3) is 5.99. The van der Waals surface area contributed by atoms with Gasteiger partial charge in [0.2, 0.25) is 0 Å². The summed E-state index contributed by atoms with van der Waals surface area (Å²) in [6.07, 6.45) is -1.86. The third-order valence-electron chi connectivity index (χ3n) is 5.13. The monoisotopic (exact) mass is 509 g/mol. The number of hydrogen-bond acceptors (Lipinski definition) is 9. The second kappa shape index (κ2) is 11.2. The van der Waals surface area contributed by atoms with Crippen LogP contribution in [0, 0.1) is 17.5 Å². The van der Waals surface area contributed by atoms with E-state index < -0.39 is 65.8 Å². The summed E-state index contributed by atoms with van der Waals surface area (Å²) in [5.41, 5.74) is 2.34. The fourth-order valence-corrected chi connectivity index (χ4v) is 3.77. The first-order valence-electron chi connectivity index (χ1n) is 10.6. The van der Waals surface area contributed by atoms with Gasteiger partial charge in [0.1, 0.15) is 30.6 Å². The van der Waals surface area contributed by atoms with Crippen LogP contribution in [0.25, 0.3) is 11.3 Å². The lowest BCUT2D eigenvalue weighted by molar-refractivity contribution is -0.219. The Kier molecular flexibility index (Phi) is 8.28. The number of carbonyl (C=O) groups excluding carboxylic acids is 3. The average Bonchev–Trinajstić information content (AvgIpc) is 3.27. The number of halogens is 3. The van der Waals surface area contributed by atoms with Crippen molar-refractivity contribution in [3.05, 3.63) is 54.2 Å². The van der Waals surface area contributed by atoms with Crippen molar-refractivity contribution in [2.75, 3.05) is 6.61 Å². The maximum absolute atomic E-state index is 13.8. The van der Waals surface area contributed by atoms with Gasteiger partial charge < -0.3 is 18.9 Å². The van der Waals surface area contributed by atoms with Crippen molar-refractivity contribution in [2.45, 2.75) is 51.2 Å².